The average Bonchev–Trinajstić information content (AvgIpc) is 1.76. The van der Waals surface area contributed by atoms with Crippen LogP contribution in [0.3, 0.4) is 0 Å². The van der Waals surface area contributed by atoms with E-state index in [0.29, 0.717) is 0 Å². The van der Waals surface area contributed by atoms with E-state index in [1.165, 1.54) is 0 Å². The Morgan fingerprint density at radius 3 is 3.00 bits per heavy atom. The minimum atomic E-state index is 0.111. The molecule has 1 rings (SSSR count). The predicted octanol–water partition coefficient (Wildman–Crippen LogP) is 1.30. The normalized spacial score (nSPS) is 20.8. The molecule has 0 unspecified atom stereocenters. The van der Waals surface area contributed by atoms with Crippen LogP contribution in [0.4, 0.5) is 0 Å². The molecule has 30 valence electrons. The highest BCUT2D eigenvalue weighted by Gasteiger charge is 1.73. The molecular weight excluding hydrogens is 294 g/mol. The van der Waals surface area contributed by atoms with Gasteiger partial charge in [0.2, 0.25) is 0 Å². The van der Waals surface area contributed by atoms with Crippen molar-refractivity contribution in [2.45, 2.75) is 0 Å². The Hall–Kier alpha value is 1.09. The Bertz CT molecular complexity index is 65.7. The summed E-state index contributed by atoms with van der Waals surface area (Å²) >= 11 is 0.360. The van der Waals surface area contributed by atoms with Crippen LogP contribution in [-0.4, -0.2) is 4.14 Å². The van der Waals surface area contributed by atoms with Crippen molar-refractivity contribution in [1.29, 1.82) is 0 Å². The summed E-state index contributed by atoms with van der Waals surface area (Å²) in [6.07, 6.45) is 0. The summed E-state index contributed by atoms with van der Waals surface area (Å²) in [5.74, 6) is 0. The summed E-state index contributed by atoms with van der Waals surface area (Å²) in [4.78, 5) is 0. The van der Waals surface area contributed by atoms with E-state index in [9.17, 15) is 0 Å². The molecule has 0 aromatic heterocycles. The molecule has 5 heavy (non-hydrogen) atoms. The summed E-state index contributed by atoms with van der Waals surface area (Å²) in [6, 6.07) is 0. The lowest BCUT2D eigenvalue weighted by Gasteiger charge is -1.59. The molecule has 0 aliphatic carbocycles. The molecule has 0 saturated heterocycles. The quantitative estimate of drug-likeness (QED) is 0.529. The van der Waals surface area contributed by atoms with Gasteiger partial charge in [-0.25, -0.2) is 3.15 Å². The fraction of sp³-hybridized carbons (Fsp3) is 0. The molecule has 0 fully saturated rings. The van der Waals surface area contributed by atoms with Gasteiger partial charge < -0.3 is 0 Å². The molecule has 0 aromatic carbocycles. The standard InChI is InChI=1S/CH2I2N2/c1-2-5-3-4-1/h1H,(H,4,5). The van der Waals surface area contributed by atoms with Crippen LogP contribution in [0.1, 0.15) is 0 Å². The zero-order valence-electron chi connectivity index (χ0n) is 2.28. The van der Waals surface area contributed by atoms with Gasteiger partial charge in [-0.3, -0.25) is 0 Å². The number of nitrogens with one attached hydrogen (secondary N) is 1. The molecule has 0 saturated carbocycles. The Labute approximate surface area is 51.0 Å². The van der Waals surface area contributed by atoms with Crippen LogP contribution in [0.25, 0.3) is 0 Å². The van der Waals surface area contributed by atoms with Gasteiger partial charge in [0.05, 0.1) is 25.4 Å². The van der Waals surface area contributed by atoms with Crippen LogP contribution in [-0.2, 0) is 0 Å². The average molecular weight is 296 g/mol. The zero-order valence-corrected chi connectivity index (χ0v) is 6.60. The Morgan fingerprint density at radius 2 is 2.80 bits per heavy atom. The molecule has 0 atom stereocenters. The maximum Gasteiger partial charge on any atom is 0.0932 e. The van der Waals surface area contributed by atoms with Crippen LogP contribution in [0, 0.1) is 0 Å². The van der Waals surface area contributed by atoms with Gasteiger partial charge in [-0.2, -0.15) is 1.74 Å². The fourth-order valence-electron chi connectivity index (χ4n) is 0.0922. The van der Waals surface area contributed by atoms with E-state index < -0.39 is 0 Å². The summed E-state index contributed by atoms with van der Waals surface area (Å²) < 4.78 is 9.26. The molecule has 0 bridgehead atoms. The van der Waals surface area contributed by atoms with E-state index in [0.717, 1.165) is 0 Å². The highest BCUT2D eigenvalue weighted by Crippen LogP contribution is 2.07. The Balaban J connectivity index is 2.61. The second kappa shape index (κ2) is 2.30. The Kier molecular flexibility index (Phi) is 1.95. The third-order valence-corrected chi connectivity index (χ3v) is 5.61. The van der Waals surface area contributed by atoms with Gasteiger partial charge >= 0.3 is 0 Å². The van der Waals surface area contributed by atoms with Gasteiger partial charge in [-0.15, -0.1) is 0 Å². The second-order valence-electron chi connectivity index (χ2n) is 0.460. The first kappa shape index (κ1) is 4.25. The third-order valence-electron chi connectivity index (χ3n) is 0.208. The number of nitrogens with zero attached hydrogens (tertiary/aromatic N) is 1. The van der Waals surface area contributed by atoms with E-state index >= 15 is 0 Å². The number of hydrogen-bond donors (Lipinski definition) is 1. The van der Waals surface area contributed by atoms with Crippen molar-refractivity contribution >= 4 is 46.4 Å². The lowest BCUT2D eigenvalue weighted by atomic mass is 11.6. The van der Waals surface area contributed by atoms with Gasteiger partial charge in [0.25, 0.3) is 0 Å². The van der Waals surface area contributed by atoms with Gasteiger partial charge in [0, 0.05) is 0 Å². The number of halogens is 2. The molecule has 1 N–H and O–H groups in total. The van der Waals surface area contributed by atoms with Crippen molar-refractivity contribution in [1.82, 2.24) is 1.74 Å². The first-order valence-electron chi connectivity index (χ1n) is 1.02. The van der Waals surface area contributed by atoms with Gasteiger partial charge in [-0.05, 0) is 21.0 Å². The number of hydrogen-bond acceptors (Lipinski definition) is 2. The monoisotopic (exact) mass is 296 g/mol. The summed E-state index contributed by atoms with van der Waals surface area (Å²) in [5, 5.41) is 0. The molecule has 1 aliphatic heterocycles. The predicted molar refractivity (Wildman–Crippen MR) is 39.7 cm³/mol. The minimum Gasteiger partial charge on any atom is -0.211 e. The largest absolute Gasteiger partial charge is 0.211 e. The summed E-state index contributed by atoms with van der Waals surface area (Å²) in [7, 11) is 0. The van der Waals surface area contributed by atoms with Crippen molar-refractivity contribution in [3.63, 3.8) is 0 Å². The molecule has 0 spiro atoms. The van der Waals surface area contributed by atoms with Gasteiger partial charge in [-0.1, -0.05) is 0 Å². The van der Waals surface area contributed by atoms with Crippen molar-refractivity contribution in [2.75, 3.05) is 0 Å². The van der Waals surface area contributed by atoms with E-state index in [-0.39, 0.29) is 42.3 Å². The van der Waals surface area contributed by atoms with Gasteiger partial charge in [0.15, 0.2) is 0 Å². The van der Waals surface area contributed by atoms with Crippen molar-refractivity contribution in [2.24, 2.45) is 3.15 Å². The molecule has 2 nitrogen and oxygen atoms in total. The smallest absolute Gasteiger partial charge is 0.0932 e. The Morgan fingerprint density at radius 1 is 1.80 bits per heavy atom. The van der Waals surface area contributed by atoms with Crippen molar-refractivity contribution < 1.29 is 0 Å². The summed E-state index contributed by atoms with van der Waals surface area (Å²) in [6.45, 7) is 0. The molecule has 1 aliphatic rings. The second-order valence-corrected chi connectivity index (χ2v) is 5.82. The summed E-state index contributed by atoms with van der Waals surface area (Å²) in [5.41, 5.74) is 0. The number of rotatable bonds is 0. The van der Waals surface area contributed by atoms with Crippen LogP contribution in [0.15, 0.2) is 3.15 Å². The SMILES string of the molecule is C1=INI=N1. The molecular formula is CH2I2N2. The van der Waals surface area contributed by atoms with Gasteiger partial charge in [0.1, 0.15) is 0 Å². The molecule has 0 radical (unpaired) electrons. The minimum absolute atomic E-state index is 0.111. The highest BCUT2D eigenvalue weighted by molar-refractivity contribution is 14.2. The topological polar surface area (TPSA) is 24.4 Å². The fourth-order valence-corrected chi connectivity index (χ4v) is 4.15. The maximum atomic E-state index is 4.01. The van der Waals surface area contributed by atoms with E-state index in [1.807, 2.05) is 4.14 Å². The van der Waals surface area contributed by atoms with Crippen LogP contribution in [0.5, 0.6) is 0 Å². The third kappa shape index (κ3) is 1.31. The van der Waals surface area contributed by atoms with E-state index in [4.69, 9.17) is 0 Å². The molecule has 4 heteroatoms. The van der Waals surface area contributed by atoms with Crippen LogP contribution < -0.4 is 1.74 Å². The van der Waals surface area contributed by atoms with E-state index in [2.05, 4.69) is 4.89 Å². The maximum absolute atomic E-state index is 4.01. The molecule has 0 aromatic rings. The molecule has 1 heterocycles. The van der Waals surface area contributed by atoms with Crippen molar-refractivity contribution in [3.05, 3.63) is 0 Å². The van der Waals surface area contributed by atoms with Crippen molar-refractivity contribution in [3.8, 4) is 0 Å². The lowest BCUT2D eigenvalue weighted by Crippen LogP contribution is -1.59. The highest BCUT2D eigenvalue weighted by atomic mass is 127. The molecule has 0 amide bonds. The lowest BCUT2D eigenvalue weighted by molar-refractivity contribution is 1.98. The first-order chi connectivity index (χ1) is 2.50. The zero-order chi connectivity index (χ0) is 3.54. The van der Waals surface area contributed by atoms with Crippen LogP contribution in [0.2, 0.25) is 0 Å². The van der Waals surface area contributed by atoms with E-state index in [1.54, 1.807) is 0 Å². The first-order valence-corrected chi connectivity index (χ1v) is 5.39. The van der Waals surface area contributed by atoms with Crippen LogP contribution >= 0.6 is 42.3 Å².